The van der Waals surface area contributed by atoms with Gasteiger partial charge < -0.3 is 20.0 Å². The molecule has 3 heterocycles. The van der Waals surface area contributed by atoms with Gasteiger partial charge in [-0.1, -0.05) is 59.8 Å². The Balaban J connectivity index is 1.58. The van der Waals surface area contributed by atoms with Gasteiger partial charge in [0.05, 0.1) is 0 Å². The molecule has 1 aliphatic heterocycles. The van der Waals surface area contributed by atoms with E-state index in [2.05, 4.69) is 42.5 Å². The second kappa shape index (κ2) is 19.4. The molecule has 0 atom stereocenters. The number of nitrogens with zero attached hydrogens (tertiary/aromatic N) is 6. The summed E-state index contributed by atoms with van der Waals surface area (Å²) in [6.07, 6.45) is 13.1. The average molecular weight is 646 g/mol. The van der Waals surface area contributed by atoms with E-state index in [1.54, 1.807) is 0 Å². The number of carbonyl (C=O) groups is 2. The van der Waals surface area contributed by atoms with Crippen LogP contribution in [-0.2, 0) is 6.54 Å². The number of anilines is 2. The standard InChI is InChI=1S/C38H59N7O2/c1-5-9-26-43(27-10-6-2)36(46)31-17-19-32(20-18-31)39-38-41-33-21-22-34(37(47)44(28-11-7-3)29-12-8-4)40-35(33)45(38)30-16-25-42-23-14-13-15-24-42/h17-22H,5-16,23-30H2,1-4H3,(H,39,41). The minimum absolute atomic E-state index is 0.00320. The van der Waals surface area contributed by atoms with Crippen LogP contribution in [0.1, 0.15) is 126 Å². The van der Waals surface area contributed by atoms with Crippen LogP contribution >= 0.6 is 0 Å². The van der Waals surface area contributed by atoms with Crippen molar-refractivity contribution < 1.29 is 9.59 Å². The van der Waals surface area contributed by atoms with Gasteiger partial charge >= 0.3 is 0 Å². The third kappa shape index (κ3) is 10.5. The van der Waals surface area contributed by atoms with Gasteiger partial charge in [0, 0.05) is 44.0 Å². The molecule has 1 saturated heterocycles. The minimum Gasteiger partial charge on any atom is -0.339 e. The smallest absolute Gasteiger partial charge is 0.272 e. The summed E-state index contributed by atoms with van der Waals surface area (Å²) in [5, 5.41) is 3.52. The Morgan fingerprint density at radius 1 is 0.681 bits per heavy atom. The molecule has 4 rings (SSSR count). The number of rotatable bonds is 20. The van der Waals surface area contributed by atoms with E-state index in [1.807, 2.05) is 46.2 Å². The van der Waals surface area contributed by atoms with Crippen LogP contribution in [-0.4, -0.2) is 86.9 Å². The number of aryl methyl sites for hydroxylation is 1. The number of carbonyl (C=O) groups excluding carboxylic acids is 2. The highest BCUT2D eigenvalue weighted by Gasteiger charge is 2.21. The van der Waals surface area contributed by atoms with E-state index in [0.29, 0.717) is 17.2 Å². The Bertz CT molecular complexity index is 1360. The number of pyridine rings is 1. The zero-order valence-corrected chi connectivity index (χ0v) is 29.6. The number of nitrogens with one attached hydrogen (secondary N) is 1. The van der Waals surface area contributed by atoms with Crippen LogP contribution in [0.15, 0.2) is 36.4 Å². The molecule has 0 spiro atoms. The van der Waals surface area contributed by atoms with Crippen LogP contribution in [0.3, 0.4) is 0 Å². The lowest BCUT2D eigenvalue weighted by molar-refractivity contribution is 0.0740. The van der Waals surface area contributed by atoms with Crippen molar-refractivity contribution in [3.8, 4) is 0 Å². The van der Waals surface area contributed by atoms with Gasteiger partial charge in [-0.15, -0.1) is 0 Å². The molecule has 9 heteroatoms. The molecule has 47 heavy (non-hydrogen) atoms. The average Bonchev–Trinajstić information content (AvgIpc) is 3.44. The predicted molar refractivity (Wildman–Crippen MR) is 194 cm³/mol. The molecule has 1 aliphatic rings. The number of likely N-dealkylation sites (tertiary alicyclic amines) is 1. The number of benzene rings is 1. The Kier molecular flexibility index (Phi) is 15.0. The van der Waals surface area contributed by atoms with Crippen molar-refractivity contribution in [1.82, 2.24) is 29.2 Å². The van der Waals surface area contributed by atoms with Crippen molar-refractivity contribution in [2.75, 3.05) is 51.1 Å². The summed E-state index contributed by atoms with van der Waals surface area (Å²) in [5.41, 5.74) is 3.55. The van der Waals surface area contributed by atoms with Gasteiger partial charge in [0.25, 0.3) is 11.8 Å². The van der Waals surface area contributed by atoms with E-state index in [1.165, 1.54) is 19.3 Å². The molecule has 0 saturated carbocycles. The molecule has 3 aromatic rings. The maximum absolute atomic E-state index is 13.7. The van der Waals surface area contributed by atoms with Gasteiger partial charge in [-0.2, -0.15) is 0 Å². The quantitative estimate of drug-likeness (QED) is 0.134. The molecule has 0 bridgehead atoms. The van der Waals surface area contributed by atoms with Crippen LogP contribution in [0.2, 0.25) is 0 Å². The Morgan fingerprint density at radius 2 is 1.26 bits per heavy atom. The molecule has 2 aromatic heterocycles. The summed E-state index contributed by atoms with van der Waals surface area (Å²) in [5.74, 6) is 0.796. The third-order valence-corrected chi connectivity index (χ3v) is 9.20. The maximum Gasteiger partial charge on any atom is 0.272 e. The molecule has 1 aromatic carbocycles. The monoisotopic (exact) mass is 645 g/mol. The molecule has 2 amide bonds. The Labute approximate surface area is 283 Å². The molecular weight excluding hydrogens is 586 g/mol. The first-order valence-electron chi connectivity index (χ1n) is 18.5. The van der Waals surface area contributed by atoms with Gasteiger partial charge in [0.15, 0.2) is 5.65 Å². The first-order chi connectivity index (χ1) is 23.0. The first-order valence-corrected chi connectivity index (χ1v) is 18.5. The van der Waals surface area contributed by atoms with Crippen LogP contribution in [0.4, 0.5) is 11.6 Å². The van der Waals surface area contributed by atoms with Gasteiger partial charge in [-0.05, 0) is 101 Å². The summed E-state index contributed by atoms with van der Waals surface area (Å²) in [6.45, 7) is 15.8. The number of unbranched alkanes of at least 4 members (excludes halogenated alkanes) is 4. The van der Waals surface area contributed by atoms with Crippen LogP contribution in [0.25, 0.3) is 11.2 Å². The van der Waals surface area contributed by atoms with E-state index in [0.717, 1.165) is 127 Å². The van der Waals surface area contributed by atoms with Crippen LogP contribution < -0.4 is 5.32 Å². The van der Waals surface area contributed by atoms with Crippen molar-refractivity contribution in [3.05, 3.63) is 47.7 Å². The SMILES string of the molecule is CCCCN(CCCC)C(=O)c1ccc(Nc2nc3ccc(C(=O)N(CCCC)CCCC)nc3n2CCCN2CCCCC2)cc1. The molecular formula is C38H59N7O2. The Hall–Kier alpha value is -3.46. The Morgan fingerprint density at radius 3 is 1.83 bits per heavy atom. The van der Waals surface area contributed by atoms with Crippen molar-refractivity contribution in [3.63, 3.8) is 0 Å². The zero-order chi connectivity index (χ0) is 33.4. The summed E-state index contributed by atoms with van der Waals surface area (Å²) in [7, 11) is 0. The fourth-order valence-electron chi connectivity index (χ4n) is 6.26. The van der Waals surface area contributed by atoms with Crippen molar-refractivity contribution in [1.29, 1.82) is 0 Å². The van der Waals surface area contributed by atoms with Gasteiger partial charge in [-0.3, -0.25) is 14.2 Å². The molecule has 258 valence electrons. The molecule has 9 nitrogen and oxygen atoms in total. The summed E-state index contributed by atoms with van der Waals surface area (Å²) in [6, 6.07) is 11.5. The molecule has 0 unspecified atom stereocenters. The van der Waals surface area contributed by atoms with E-state index in [9.17, 15) is 9.59 Å². The number of amides is 2. The van der Waals surface area contributed by atoms with Crippen LogP contribution in [0, 0.1) is 0 Å². The highest BCUT2D eigenvalue weighted by molar-refractivity contribution is 5.95. The number of piperidine rings is 1. The molecule has 1 N–H and O–H groups in total. The predicted octanol–water partition coefficient (Wildman–Crippen LogP) is 8.14. The second-order valence-electron chi connectivity index (χ2n) is 13.1. The van der Waals surface area contributed by atoms with Crippen molar-refractivity contribution >= 4 is 34.6 Å². The van der Waals surface area contributed by atoms with Gasteiger partial charge in [0.1, 0.15) is 11.2 Å². The van der Waals surface area contributed by atoms with E-state index >= 15 is 0 Å². The largest absolute Gasteiger partial charge is 0.339 e. The maximum atomic E-state index is 13.7. The number of imidazole rings is 1. The lowest BCUT2D eigenvalue weighted by Gasteiger charge is -2.26. The van der Waals surface area contributed by atoms with E-state index in [4.69, 9.17) is 9.97 Å². The minimum atomic E-state index is -0.00320. The highest BCUT2D eigenvalue weighted by atomic mass is 16.2. The van der Waals surface area contributed by atoms with E-state index < -0.39 is 0 Å². The number of hydrogen-bond donors (Lipinski definition) is 1. The second-order valence-corrected chi connectivity index (χ2v) is 13.1. The van der Waals surface area contributed by atoms with E-state index in [-0.39, 0.29) is 11.8 Å². The topological polar surface area (TPSA) is 86.6 Å². The highest BCUT2D eigenvalue weighted by Crippen LogP contribution is 2.24. The van der Waals surface area contributed by atoms with Gasteiger partial charge in [0.2, 0.25) is 5.95 Å². The summed E-state index contributed by atoms with van der Waals surface area (Å²) < 4.78 is 2.13. The molecule has 0 radical (unpaired) electrons. The fraction of sp³-hybridized carbons (Fsp3) is 0.632. The number of hydrogen-bond acceptors (Lipinski definition) is 6. The number of aromatic nitrogens is 3. The normalized spacial score (nSPS) is 13.6. The van der Waals surface area contributed by atoms with Gasteiger partial charge in [-0.25, -0.2) is 9.97 Å². The zero-order valence-electron chi connectivity index (χ0n) is 29.6. The summed E-state index contributed by atoms with van der Waals surface area (Å²) in [4.78, 5) is 43.4. The van der Waals surface area contributed by atoms with Crippen molar-refractivity contribution in [2.45, 2.75) is 111 Å². The summed E-state index contributed by atoms with van der Waals surface area (Å²) >= 11 is 0. The fourth-order valence-corrected chi connectivity index (χ4v) is 6.26. The molecule has 1 fully saturated rings. The lowest BCUT2D eigenvalue weighted by Crippen LogP contribution is -2.33. The molecule has 0 aliphatic carbocycles. The van der Waals surface area contributed by atoms with Crippen LogP contribution in [0.5, 0.6) is 0 Å². The van der Waals surface area contributed by atoms with Crippen molar-refractivity contribution in [2.24, 2.45) is 0 Å². The lowest BCUT2D eigenvalue weighted by atomic mass is 10.1. The third-order valence-electron chi connectivity index (χ3n) is 9.20. The number of fused-ring (bicyclic) bond motifs is 1. The first kappa shape index (κ1) is 36.4.